The van der Waals surface area contributed by atoms with E-state index in [-0.39, 0.29) is 6.61 Å². The van der Waals surface area contributed by atoms with Gasteiger partial charge < -0.3 is 15.7 Å². The van der Waals surface area contributed by atoms with E-state index in [1.807, 2.05) is 13.0 Å². The van der Waals surface area contributed by atoms with E-state index >= 15 is 0 Å². The lowest BCUT2D eigenvalue weighted by atomic mass is 9.91. The van der Waals surface area contributed by atoms with Crippen LogP contribution in [0.25, 0.3) is 0 Å². The normalized spacial score (nSPS) is 15.4. The highest BCUT2D eigenvalue weighted by atomic mass is 16.3. The van der Waals surface area contributed by atoms with Crippen LogP contribution in [0.3, 0.4) is 0 Å². The molecule has 100 valence electrons. The molecule has 1 aliphatic carbocycles. The molecule has 0 atom stereocenters. The van der Waals surface area contributed by atoms with Gasteiger partial charge in [-0.1, -0.05) is 6.92 Å². The summed E-state index contributed by atoms with van der Waals surface area (Å²) in [4.78, 5) is 11.0. The van der Waals surface area contributed by atoms with Crippen molar-refractivity contribution in [2.45, 2.75) is 45.1 Å². The molecule has 2 rings (SSSR count). The number of hydrogen-bond donors (Lipinski definition) is 2. The summed E-state index contributed by atoms with van der Waals surface area (Å²) in [5.41, 5.74) is 5.83. The second kappa shape index (κ2) is 6.00. The highest BCUT2D eigenvalue weighted by molar-refractivity contribution is 5.48. The van der Waals surface area contributed by atoms with Gasteiger partial charge in [0.2, 0.25) is 0 Å². The van der Waals surface area contributed by atoms with Gasteiger partial charge in [0, 0.05) is 31.7 Å². The maximum atomic E-state index is 9.01. The Morgan fingerprint density at radius 1 is 1.44 bits per heavy atom. The van der Waals surface area contributed by atoms with Crippen molar-refractivity contribution >= 4 is 11.6 Å². The minimum absolute atomic E-state index is 0.213. The average Bonchev–Trinajstić information content (AvgIpc) is 2.31. The Morgan fingerprint density at radius 2 is 2.22 bits per heavy atom. The summed E-state index contributed by atoms with van der Waals surface area (Å²) in [5.74, 6) is 2.24. The quantitative estimate of drug-likeness (QED) is 0.797. The van der Waals surface area contributed by atoms with Gasteiger partial charge in [-0.3, -0.25) is 0 Å². The fraction of sp³-hybridized carbons (Fsp3) is 0.692. The summed E-state index contributed by atoms with van der Waals surface area (Å²) >= 11 is 0. The number of rotatable bonds is 6. The van der Waals surface area contributed by atoms with E-state index in [0.29, 0.717) is 11.9 Å². The number of nitrogens with zero attached hydrogens (tertiary/aromatic N) is 3. The fourth-order valence-corrected chi connectivity index (χ4v) is 2.23. The van der Waals surface area contributed by atoms with Crippen LogP contribution in [0.15, 0.2) is 6.07 Å². The van der Waals surface area contributed by atoms with Crippen LogP contribution < -0.4 is 10.6 Å². The smallest absolute Gasteiger partial charge is 0.134 e. The number of aryl methyl sites for hydroxylation is 1. The number of aliphatic hydroxyl groups is 1. The molecule has 0 amide bonds. The van der Waals surface area contributed by atoms with Crippen molar-refractivity contribution in [3.63, 3.8) is 0 Å². The molecule has 1 aliphatic rings. The van der Waals surface area contributed by atoms with Gasteiger partial charge in [0.05, 0.1) is 0 Å². The van der Waals surface area contributed by atoms with Gasteiger partial charge in [-0.15, -0.1) is 0 Å². The minimum Gasteiger partial charge on any atom is -0.396 e. The van der Waals surface area contributed by atoms with Crippen molar-refractivity contribution in [3.8, 4) is 0 Å². The van der Waals surface area contributed by atoms with Gasteiger partial charge in [0.1, 0.15) is 17.5 Å². The average molecular weight is 250 g/mol. The van der Waals surface area contributed by atoms with Crippen LogP contribution in [0.4, 0.5) is 11.6 Å². The van der Waals surface area contributed by atoms with Crippen LogP contribution in [0.5, 0.6) is 0 Å². The van der Waals surface area contributed by atoms with Crippen LogP contribution >= 0.6 is 0 Å². The van der Waals surface area contributed by atoms with Crippen LogP contribution in [-0.4, -0.2) is 34.3 Å². The predicted octanol–water partition coefficient (Wildman–Crippen LogP) is 1.36. The molecular formula is C13H22N4O. The maximum absolute atomic E-state index is 9.01. The van der Waals surface area contributed by atoms with Gasteiger partial charge in [-0.25, -0.2) is 9.97 Å². The van der Waals surface area contributed by atoms with Crippen LogP contribution in [0, 0.1) is 0 Å². The number of nitrogens with two attached hydrogens (primary N) is 1. The van der Waals surface area contributed by atoms with E-state index in [1.165, 1.54) is 19.3 Å². The van der Waals surface area contributed by atoms with Crippen LogP contribution in [0.2, 0.25) is 0 Å². The first-order valence-corrected chi connectivity index (χ1v) is 6.75. The van der Waals surface area contributed by atoms with Crippen molar-refractivity contribution in [1.29, 1.82) is 0 Å². The molecule has 1 fully saturated rings. The first-order valence-electron chi connectivity index (χ1n) is 6.75. The van der Waals surface area contributed by atoms with Gasteiger partial charge in [0.25, 0.3) is 0 Å². The molecule has 1 aromatic heterocycles. The molecule has 18 heavy (non-hydrogen) atoms. The Morgan fingerprint density at radius 3 is 2.78 bits per heavy atom. The van der Waals surface area contributed by atoms with E-state index < -0.39 is 0 Å². The third kappa shape index (κ3) is 2.90. The number of aliphatic hydroxyl groups excluding tert-OH is 1. The maximum Gasteiger partial charge on any atom is 0.134 e. The third-order valence-corrected chi connectivity index (χ3v) is 3.46. The molecule has 0 bridgehead atoms. The highest BCUT2D eigenvalue weighted by Gasteiger charge is 2.26. The molecule has 0 radical (unpaired) electrons. The third-order valence-electron chi connectivity index (χ3n) is 3.46. The van der Waals surface area contributed by atoms with Crippen molar-refractivity contribution in [1.82, 2.24) is 9.97 Å². The number of aromatic nitrogens is 2. The molecule has 3 N–H and O–H groups in total. The molecule has 5 heteroatoms. The fourth-order valence-electron chi connectivity index (χ4n) is 2.23. The zero-order chi connectivity index (χ0) is 13.0. The van der Waals surface area contributed by atoms with E-state index in [2.05, 4.69) is 14.9 Å². The lowest BCUT2D eigenvalue weighted by Crippen LogP contribution is -2.41. The summed E-state index contributed by atoms with van der Waals surface area (Å²) < 4.78 is 0. The van der Waals surface area contributed by atoms with Crippen LogP contribution in [-0.2, 0) is 6.42 Å². The monoisotopic (exact) mass is 250 g/mol. The molecule has 1 saturated carbocycles. The van der Waals surface area contributed by atoms with E-state index in [0.717, 1.165) is 31.0 Å². The minimum atomic E-state index is 0.213. The molecule has 0 saturated heterocycles. The molecular weight excluding hydrogens is 228 g/mol. The molecule has 1 aromatic rings. The van der Waals surface area contributed by atoms with Crippen molar-refractivity contribution in [3.05, 3.63) is 11.9 Å². The first-order chi connectivity index (χ1) is 8.74. The second-order valence-corrected chi connectivity index (χ2v) is 4.78. The summed E-state index contributed by atoms with van der Waals surface area (Å²) in [5, 5.41) is 9.01. The summed E-state index contributed by atoms with van der Waals surface area (Å²) in [6, 6.07) is 2.39. The van der Waals surface area contributed by atoms with E-state index in [4.69, 9.17) is 10.8 Å². The van der Waals surface area contributed by atoms with Gasteiger partial charge in [0.15, 0.2) is 0 Å². The van der Waals surface area contributed by atoms with Crippen LogP contribution in [0.1, 0.15) is 38.4 Å². The molecule has 0 aliphatic heterocycles. The Balaban J connectivity index is 2.19. The Labute approximate surface area is 108 Å². The summed E-state index contributed by atoms with van der Waals surface area (Å²) in [6.45, 7) is 3.07. The molecule has 5 nitrogen and oxygen atoms in total. The Hall–Kier alpha value is -1.36. The predicted molar refractivity (Wildman–Crippen MR) is 72.5 cm³/mol. The Bertz CT molecular complexity index is 393. The largest absolute Gasteiger partial charge is 0.396 e. The van der Waals surface area contributed by atoms with Gasteiger partial charge in [-0.05, 0) is 25.7 Å². The topological polar surface area (TPSA) is 75.3 Å². The summed E-state index contributed by atoms with van der Waals surface area (Å²) in [7, 11) is 0. The number of anilines is 2. The SMILES string of the molecule is CCc1nc(N)cc(N(CCCO)C2CCC2)n1. The highest BCUT2D eigenvalue weighted by Crippen LogP contribution is 2.29. The first kappa shape index (κ1) is 13.1. The zero-order valence-corrected chi connectivity index (χ0v) is 11.0. The van der Waals surface area contributed by atoms with Crippen molar-refractivity contribution < 1.29 is 5.11 Å². The standard InChI is InChI=1S/C13H22N4O/c1-2-12-15-11(14)9-13(16-12)17(7-4-8-18)10-5-3-6-10/h9-10,18H,2-8H2,1H3,(H2,14,15,16). The molecule has 0 spiro atoms. The Kier molecular flexibility index (Phi) is 4.36. The van der Waals surface area contributed by atoms with E-state index in [1.54, 1.807) is 0 Å². The molecule has 0 aromatic carbocycles. The second-order valence-electron chi connectivity index (χ2n) is 4.78. The van der Waals surface area contributed by atoms with E-state index in [9.17, 15) is 0 Å². The van der Waals surface area contributed by atoms with Crippen molar-refractivity contribution in [2.75, 3.05) is 23.8 Å². The molecule has 1 heterocycles. The van der Waals surface area contributed by atoms with Gasteiger partial charge >= 0.3 is 0 Å². The lowest BCUT2D eigenvalue weighted by Gasteiger charge is -2.38. The number of nitrogen functional groups attached to an aromatic ring is 1. The molecule has 0 unspecified atom stereocenters. The zero-order valence-electron chi connectivity index (χ0n) is 11.0. The van der Waals surface area contributed by atoms with Gasteiger partial charge in [-0.2, -0.15) is 0 Å². The van der Waals surface area contributed by atoms with Crippen molar-refractivity contribution in [2.24, 2.45) is 0 Å². The lowest BCUT2D eigenvalue weighted by molar-refractivity contribution is 0.282. The summed E-state index contributed by atoms with van der Waals surface area (Å²) in [6.07, 6.45) is 5.24. The number of hydrogen-bond acceptors (Lipinski definition) is 5.